The van der Waals surface area contributed by atoms with Gasteiger partial charge >= 0.3 is 6.03 Å². The number of morpholine rings is 1. The lowest BCUT2D eigenvalue weighted by Gasteiger charge is -2.30. The van der Waals surface area contributed by atoms with Crippen molar-refractivity contribution in [2.45, 2.75) is 18.9 Å². The summed E-state index contributed by atoms with van der Waals surface area (Å²) < 4.78 is 10.8. The smallest absolute Gasteiger partial charge is 0.317 e. The fraction of sp³-hybridized carbons (Fsp3) is 0.667. The number of nitrogens with zero attached hydrogens (tertiary/aromatic N) is 2. The number of hydrogen-bond acceptors (Lipinski definition) is 4. The van der Waals surface area contributed by atoms with Crippen LogP contribution in [0.15, 0.2) is 22.8 Å². The highest BCUT2D eigenvalue weighted by Gasteiger charge is 2.26. The maximum atomic E-state index is 12.2. The first kappa shape index (κ1) is 14.4. The summed E-state index contributed by atoms with van der Waals surface area (Å²) in [7, 11) is 0. The number of hydrogen-bond donors (Lipinski definition) is 1. The molecule has 2 aliphatic heterocycles. The number of amides is 2. The Hall–Kier alpha value is -1.53. The summed E-state index contributed by atoms with van der Waals surface area (Å²) in [5, 5.41) is 3.05. The van der Waals surface area contributed by atoms with E-state index in [4.69, 9.17) is 9.15 Å². The molecule has 0 unspecified atom stereocenters. The van der Waals surface area contributed by atoms with E-state index in [1.54, 1.807) is 6.26 Å². The van der Waals surface area contributed by atoms with Crippen LogP contribution >= 0.6 is 0 Å². The van der Waals surface area contributed by atoms with Crippen LogP contribution in [0.4, 0.5) is 4.79 Å². The molecule has 2 fully saturated rings. The van der Waals surface area contributed by atoms with Gasteiger partial charge in [-0.25, -0.2) is 4.79 Å². The third-order valence-electron chi connectivity index (χ3n) is 4.20. The third-order valence-corrected chi connectivity index (χ3v) is 4.20. The second-order valence-electron chi connectivity index (χ2n) is 5.56. The van der Waals surface area contributed by atoms with E-state index in [9.17, 15) is 4.79 Å². The van der Waals surface area contributed by atoms with Crippen LogP contribution in [0.1, 0.15) is 24.6 Å². The SMILES string of the molecule is O=C(NC[C@@H](c1ccco1)N1CCCC1)N1CCOCC1. The number of urea groups is 1. The van der Waals surface area contributed by atoms with Crippen molar-refractivity contribution < 1.29 is 13.9 Å². The molecule has 0 saturated carbocycles. The van der Waals surface area contributed by atoms with E-state index in [0.29, 0.717) is 32.8 Å². The highest BCUT2D eigenvalue weighted by atomic mass is 16.5. The first-order valence-electron chi connectivity index (χ1n) is 7.72. The minimum absolute atomic E-state index is 0.00551. The van der Waals surface area contributed by atoms with E-state index >= 15 is 0 Å². The van der Waals surface area contributed by atoms with Crippen LogP contribution in [0.2, 0.25) is 0 Å². The maximum absolute atomic E-state index is 12.2. The van der Waals surface area contributed by atoms with E-state index in [0.717, 1.165) is 18.8 Å². The Kier molecular flexibility index (Phi) is 4.77. The lowest BCUT2D eigenvalue weighted by atomic mass is 10.2. The normalized spacial score (nSPS) is 21.4. The first-order valence-corrected chi connectivity index (χ1v) is 7.72. The third kappa shape index (κ3) is 3.57. The Morgan fingerprint density at radius 1 is 1.24 bits per heavy atom. The van der Waals surface area contributed by atoms with Crippen molar-refractivity contribution >= 4 is 6.03 Å². The molecular formula is C15H23N3O3. The van der Waals surface area contributed by atoms with Gasteiger partial charge in [0.2, 0.25) is 0 Å². The Morgan fingerprint density at radius 2 is 2.00 bits per heavy atom. The molecule has 6 heteroatoms. The number of carbonyl (C=O) groups excluding carboxylic acids is 1. The summed E-state index contributed by atoms with van der Waals surface area (Å²) in [5.41, 5.74) is 0. The minimum Gasteiger partial charge on any atom is -0.468 e. The van der Waals surface area contributed by atoms with E-state index in [-0.39, 0.29) is 12.1 Å². The molecule has 1 aromatic rings. The van der Waals surface area contributed by atoms with Crippen molar-refractivity contribution in [2.24, 2.45) is 0 Å². The lowest BCUT2D eigenvalue weighted by molar-refractivity contribution is 0.0526. The summed E-state index contributed by atoms with van der Waals surface area (Å²) in [6, 6.07) is 4.02. The van der Waals surface area contributed by atoms with Gasteiger partial charge in [0.15, 0.2) is 0 Å². The predicted molar refractivity (Wildman–Crippen MR) is 78.0 cm³/mol. The number of nitrogens with one attached hydrogen (secondary N) is 1. The number of likely N-dealkylation sites (tertiary alicyclic amines) is 1. The van der Waals surface area contributed by atoms with Gasteiger partial charge in [-0.2, -0.15) is 0 Å². The topological polar surface area (TPSA) is 58.0 Å². The summed E-state index contributed by atoms with van der Waals surface area (Å²) in [6.07, 6.45) is 4.13. The first-order chi connectivity index (χ1) is 10.3. The Morgan fingerprint density at radius 3 is 2.67 bits per heavy atom. The average molecular weight is 293 g/mol. The molecule has 0 radical (unpaired) electrons. The number of rotatable bonds is 4. The van der Waals surface area contributed by atoms with Crippen LogP contribution in [0.25, 0.3) is 0 Å². The summed E-state index contributed by atoms with van der Waals surface area (Å²) >= 11 is 0. The van der Waals surface area contributed by atoms with Crippen LogP contribution in [-0.4, -0.2) is 61.8 Å². The van der Waals surface area contributed by atoms with Gasteiger partial charge in [0.25, 0.3) is 0 Å². The van der Waals surface area contributed by atoms with Gasteiger partial charge in [-0.15, -0.1) is 0 Å². The second-order valence-corrected chi connectivity index (χ2v) is 5.56. The molecule has 1 N–H and O–H groups in total. The summed E-state index contributed by atoms with van der Waals surface area (Å²) in [6.45, 7) is 5.31. The number of ether oxygens (including phenoxy) is 1. The Labute approximate surface area is 125 Å². The molecule has 21 heavy (non-hydrogen) atoms. The predicted octanol–water partition coefficient (Wildman–Crippen LogP) is 1.46. The van der Waals surface area contributed by atoms with Gasteiger partial charge in [0.1, 0.15) is 5.76 Å². The van der Waals surface area contributed by atoms with Gasteiger partial charge in [0.05, 0.1) is 25.5 Å². The zero-order chi connectivity index (χ0) is 14.5. The molecule has 2 aliphatic rings. The molecule has 116 valence electrons. The van der Waals surface area contributed by atoms with Crippen LogP contribution in [0.3, 0.4) is 0 Å². The molecule has 0 aliphatic carbocycles. The molecule has 6 nitrogen and oxygen atoms in total. The van der Waals surface area contributed by atoms with Crippen LogP contribution in [0.5, 0.6) is 0 Å². The van der Waals surface area contributed by atoms with Gasteiger partial charge in [0, 0.05) is 19.6 Å². The van der Waals surface area contributed by atoms with Crippen molar-refractivity contribution in [3.63, 3.8) is 0 Å². The van der Waals surface area contributed by atoms with Crippen LogP contribution in [0, 0.1) is 0 Å². The number of furan rings is 1. The molecule has 2 amide bonds. The average Bonchev–Trinajstić information content (AvgIpc) is 3.22. The fourth-order valence-corrected chi connectivity index (χ4v) is 3.01. The zero-order valence-corrected chi connectivity index (χ0v) is 12.3. The Bertz CT molecular complexity index is 437. The van der Waals surface area contributed by atoms with E-state index in [1.165, 1.54) is 12.8 Å². The van der Waals surface area contributed by atoms with Crippen molar-refractivity contribution in [3.05, 3.63) is 24.2 Å². The van der Waals surface area contributed by atoms with Crippen molar-refractivity contribution in [1.82, 2.24) is 15.1 Å². The molecule has 3 heterocycles. The van der Waals surface area contributed by atoms with Gasteiger partial charge in [-0.05, 0) is 38.1 Å². The quantitative estimate of drug-likeness (QED) is 0.913. The van der Waals surface area contributed by atoms with E-state index in [2.05, 4.69) is 10.2 Å². The minimum atomic E-state index is -0.00551. The van der Waals surface area contributed by atoms with E-state index < -0.39 is 0 Å². The molecule has 3 rings (SSSR count). The number of carbonyl (C=O) groups is 1. The standard InChI is InChI=1S/C15H23N3O3/c19-15(18-7-10-20-11-8-18)16-12-13(14-4-3-9-21-14)17-5-1-2-6-17/h3-4,9,13H,1-2,5-8,10-12H2,(H,16,19)/t13-/m0/s1. The zero-order valence-electron chi connectivity index (χ0n) is 12.3. The molecular weight excluding hydrogens is 270 g/mol. The Balaban J connectivity index is 1.58. The summed E-state index contributed by atoms with van der Waals surface area (Å²) in [5.74, 6) is 0.930. The largest absolute Gasteiger partial charge is 0.468 e. The van der Waals surface area contributed by atoms with Crippen molar-refractivity contribution in [3.8, 4) is 0 Å². The molecule has 0 aromatic carbocycles. The van der Waals surface area contributed by atoms with Crippen molar-refractivity contribution in [1.29, 1.82) is 0 Å². The molecule has 0 bridgehead atoms. The molecule has 0 spiro atoms. The highest BCUT2D eigenvalue weighted by molar-refractivity contribution is 5.74. The van der Waals surface area contributed by atoms with Crippen molar-refractivity contribution in [2.75, 3.05) is 45.9 Å². The molecule has 1 aromatic heterocycles. The summed E-state index contributed by atoms with van der Waals surface area (Å²) in [4.78, 5) is 16.4. The second kappa shape index (κ2) is 6.95. The van der Waals surface area contributed by atoms with Gasteiger partial charge < -0.3 is 19.4 Å². The molecule has 1 atom stereocenters. The highest BCUT2D eigenvalue weighted by Crippen LogP contribution is 2.24. The maximum Gasteiger partial charge on any atom is 0.317 e. The monoisotopic (exact) mass is 293 g/mol. The fourth-order valence-electron chi connectivity index (χ4n) is 3.01. The van der Waals surface area contributed by atoms with E-state index in [1.807, 2.05) is 17.0 Å². The molecule has 2 saturated heterocycles. The van der Waals surface area contributed by atoms with Gasteiger partial charge in [-0.3, -0.25) is 4.90 Å². The van der Waals surface area contributed by atoms with Crippen LogP contribution < -0.4 is 5.32 Å². The van der Waals surface area contributed by atoms with Gasteiger partial charge in [-0.1, -0.05) is 0 Å². The van der Waals surface area contributed by atoms with Crippen LogP contribution in [-0.2, 0) is 4.74 Å². The lowest BCUT2D eigenvalue weighted by Crippen LogP contribution is -2.48.